The third-order valence-corrected chi connectivity index (χ3v) is 2.16. The van der Waals surface area contributed by atoms with Crippen LogP contribution in [0.15, 0.2) is 23.1 Å². The topological polar surface area (TPSA) is 35.2 Å². The molecule has 0 radical (unpaired) electrons. The van der Waals surface area contributed by atoms with Crippen molar-refractivity contribution in [1.82, 2.24) is 0 Å². The van der Waals surface area contributed by atoms with Crippen LogP contribution in [-0.2, 0) is 0 Å². The van der Waals surface area contributed by atoms with Gasteiger partial charge in [0.05, 0.1) is 5.69 Å². The molecule has 5 heteroatoms. The van der Waals surface area contributed by atoms with E-state index in [1.807, 2.05) is 6.26 Å². The molecule has 0 aliphatic heterocycles. The second-order valence-corrected chi connectivity index (χ2v) is 3.16. The molecule has 0 atom stereocenters. The molecule has 0 fully saturated rings. The number of anilines is 1. The van der Waals surface area contributed by atoms with Gasteiger partial charge in [-0.3, -0.25) is 0 Å². The monoisotopic (exact) mass is 205 g/mol. The first kappa shape index (κ1) is 10.1. The Kier molecular flexibility index (Phi) is 3.36. The van der Waals surface area contributed by atoms with Gasteiger partial charge < -0.3 is 10.5 Å². The number of nitrogens with two attached hydrogens (primary N) is 1. The SMILES string of the molecule is CSc1ccc(OC(F)F)c(N)c1. The molecule has 0 aliphatic rings. The Morgan fingerprint density at radius 3 is 2.62 bits per heavy atom. The maximum Gasteiger partial charge on any atom is 0.387 e. The highest BCUT2D eigenvalue weighted by molar-refractivity contribution is 7.98. The first-order valence-corrected chi connectivity index (χ1v) is 4.74. The van der Waals surface area contributed by atoms with Gasteiger partial charge in [0, 0.05) is 4.90 Å². The van der Waals surface area contributed by atoms with Gasteiger partial charge in [-0.15, -0.1) is 11.8 Å². The largest absolute Gasteiger partial charge is 0.433 e. The van der Waals surface area contributed by atoms with Crippen LogP contribution in [0.5, 0.6) is 5.75 Å². The van der Waals surface area contributed by atoms with E-state index in [9.17, 15) is 8.78 Å². The zero-order chi connectivity index (χ0) is 9.84. The lowest BCUT2D eigenvalue weighted by Gasteiger charge is -2.07. The highest BCUT2D eigenvalue weighted by atomic mass is 32.2. The quantitative estimate of drug-likeness (QED) is 0.608. The van der Waals surface area contributed by atoms with Gasteiger partial charge >= 0.3 is 6.61 Å². The Morgan fingerprint density at radius 1 is 1.46 bits per heavy atom. The number of hydrogen-bond donors (Lipinski definition) is 1. The Labute approximate surface area is 79.1 Å². The third kappa shape index (κ3) is 2.77. The van der Waals surface area contributed by atoms with E-state index in [0.29, 0.717) is 0 Å². The van der Waals surface area contributed by atoms with Crippen molar-refractivity contribution in [3.8, 4) is 5.75 Å². The van der Waals surface area contributed by atoms with Crippen molar-refractivity contribution in [2.75, 3.05) is 12.0 Å². The Hall–Kier alpha value is -0.970. The maximum absolute atomic E-state index is 11.8. The average Bonchev–Trinajstić information content (AvgIpc) is 2.08. The van der Waals surface area contributed by atoms with E-state index in [1.165, 1.54) is 17.8 Å². The predicted molar refractivity (Wildman–Crippen MR) is 49.3 cm³/mol. The van der Waals surface area contributed by atoms with Crippen LogP contribution < -0.4 is 10.5 Å². The number of hydrogen-bond acceptors (Lipinski definition) is 3. The summed E-state index contributed by atoms with van der Waals surface area (Å²) in [6.45, 7) is -2.83. The molecule has 72 valence electrons. The van der Waals surface area contributed by atoms with Crippen molar-refractivity contribution in [3.63, 3.8) is 0 Å². The highest BCUT2D eigenvalue weighted by Crippen LogP contribution is 2.27. The molecule has 0 saturated carbocycles. The van der Waals surface area contributed by atoms with Crippen molar-refractivity contribution in [2.24, 2.45) is 0 Å². The van der Waals surface area contributed by atoms with Crippen molar-refractivity contribution >= 4 is 17.4 Å². The lowest BCUT2D eigenvalue weighted by atomic mass is 10.3. The van der Waals surface area contributed by atoms with Crippen LogP contribution in [0.25, 0.3) is 0 Å². The van der Waals surface area contributed by atoms with E-state index in [4.69, 9.17) is 5.73 Å². The van der Waals surface area contributed by atoms with Crippen molar-refractivity contribution < 1.29 is 13.5 Å². The summed E-state index contributed by atoms with van der Waals surface area (Å²) >= 11 is 1.49. The molecule has 0 aromatic heterocycles. The van der Waals surface area contributed by atoms with Gasteiger partial charge in [-0.1, -0.05) is 0 Å². The van der Waals surface area contributed by atoms with Gasteiger partial charge in [0.25, 0.3) is 0 Å². The molecule has 0 heterocycles. The number of ether oxygens (including phenoxy) is 1. The lowest BCUT2D eigenvalue weighted by Crippen LogP contribution is -2.04. The molecular formula is C8H9F2NOS. The first-order valence-electron chi connectivity index (χ1n) is 3.52. The number of benzene rings is 1. The number of halogens is 2. The normalized spacial score (nSPS) is 10.5. The first-order chi connectivity index (χ1) is 6.13. The average molecular weight is 205 g/mol. The van der Waals surface area contributed by atoms with Gasteiger partial charge in [0.1, 0.15) is 5.75 Å². The molecule has 0 bridgehead atoms. The predicted octanol–water partition coefficient (Wildman–Crippen LogP) is 2.59. The standard InChI is InChI=1S/C8H9F2NOS/c1-13-5-2-3-7(6(11)4-5)12-8(9)10/h2-4,8H,11H2,1H3. The molecule has 1 aromatic carbocycles. The third-order valence-electron chi connectivity index (χ3n) is 1.43. The summed E-state index contributed by atoms with van der Waals surface area (Å²) in [5.74, 6) is 0.0211. The summed E-state index contributed by atoms with van der Waals surface area (Å²) in [5, 5.41) is 0. The number of nitrogen functional groups attached to an aromatic ring is 1. The molecule has 0 aliphatic carbocycles. The molecule has 0 saturated heterocycles. The van der Waals surface area contributed by atoms with Crippen molar-refractivity contribution in [1.29, 1.82) is 0 Å². The number of thioether (sulfide) groups is 1. The summed E-state index contributed by atoms with van der Waals surface area (Å²) < 4.78 is 27.8. The molecule has 0 unspecified atom stereocenters. The van der Waals surface area contributed by atoms with Crippen molar-refractivity contribution in [2.45, 2.75) is 11.5 Å². The minimum atomic E-state index is -2.83. The summed E-state index contributed by atoms with van der Waals surface area (Å²) in [6.07, 6.45) is 1.88. The second-order valence-electron chi connectivity index (χ2n) is 2.28. The molecular weight excluding hydrogens is 196 g/mol. The van der Waals surface area contributed by atoms with Gasteiger partial charge in [0.15, 0.2) is 0 Å². The molecule has 0 amide bonds. The Morgan fingerprint density at radius 2 is 2.15 bits per heavy atom. The summed E-state index contributed by atoms with van der Waals surface area (Å²) in [6, 6.07) is 4.72. The van der Waals surface area contributed by atoms with Gasteiger partial charge in [-0.05, 0) is 24.5 Å². The van der Waals surface area contributed by atoms with Crippen molar-refractivity contribution in [3.05, 3.63) is 18.2 Å². The van der Waals surface area contributed by atoms with Crippen LogP contribution in [-0.4, -0.2) is 12.9 Å². The molecule has 0 spiro atoms. The van der Waals surface area contributed by atoms with Gasteiger partial charge in [-0.25, -0.2) is 0 Å². The highest BCUT2D eigenvalue weighted by Gasteiger charge is 2.07. The molecule has 2 N–H and O–H groups in total. The fourth-order valence-corrected chi connectivity index (χ4v) is 1.31. The van der Waals surface area contributed by atoms with Crippen LogP contribution in [0.4, 0.5) is 14.5 Å². The molecule has 2 nitrogen and oxygen atoms in total. The summed E-state index contributed by atoms with van der Waals surface area (Å²) in [7, 11) is 0. The summed E-state index contributed by atoms with van der Waals surface area (Å²) in [4.78, 5) is 0.916. The van der Waals surface area contributed by atoms with Crippen LogP contribution in [0.1, 0.15) is 0 Å². The minimum Gasteiger partial charge on any atom is -0.433 e. The van der Waals surface area contributed by atoms with E-state index < -0.39 is 6.61 Å². The van der Waals surface area contributed by atoms with Gasteiger partial charge in [0.2, 0.25) is 0 Å². The maximum atomic E-state index is 11.8. The van der Waals surface area contributed by atoms with Crippen LogP contribution >= 0.6 is 11.8 Å². The fourth-order valence-electron chi connectivity index (χ4n) is 0.857. The molecule has 1 aromatic rings. The smallest absolute Gasteiger partial charge is 0.387 e. The van der Waals surface area contributed by atoms with Crippen LogP contribution in [0.3, 0.4) is 0 Å². The van der Waals surface area contributed by atoms with E-state index in [0.717, 1.165) is 4.90 Å². The summed E-state index contributed by atoms with van der Waals surface area (Å²) in [5.41, 5.74) is 5.70. The Balaban J connectivity index is 2.85. The minimum absolute atomic E-state index is 0.0211. The van der Waals surface area contributed by atoms with Gasteiger partial charge in [-0.2, -0.15) is 8.78 Å². The zero-order valence-corrected chi connectivity index (χ0v) is 7.78. The second kappa shape index (κ2) is 4.32. The lowest BCUT2D eigenvalue weighted by molar-refractivity contribution is -0.0493. The fraction of sp³-hybridized carbons (Fsp3) is 0.250. The zero-order valence-electron chi connectivity index (χ0n) is 6.96. The van der Waals surface area contributed by atoms with E-state index in [-0.39, 0.29) is 11.4 Å². The van der Waals surface area contributed by atoms with E-state index >= 15 is 0 Å². The van der Waals surface area contributed by atoms with E-state index in [2.05, 4.69) is 4.74 Å². The Bertz CT molecular complexity index is 293. The molecule has 13 heavy (non-hydrogen) atoms. The van der Waals surface area contributed by atoms with E-state index in [1.54, 1.807) is 12.1 Å². The number of rotatable bonds is 3. The molecule has 1 rings (SSSR count). The van der Waals surface area contributed by atoms with Crippen LogP contribution in [0, 0.1) is 0 Å². The number of alkyl halides is 2. The van der Waals surface area contributed by atoms with Crippen LogP contribution in [0.2, 0.25) is 0 Å².